The Balaban J connectivity index is 2.11. The van der Waals surface area contributed by atoms with Crippen molar-refractivity contribution in [1.82, 2.24) is 4.90 Å². The van der Waals surface area contributed by atoms with Crippen molar-refractivity contribution in [2.24, 2.45) is 0 Å². The predicted molar refractivity (Wildman–Crippen MR) is 145 cm³/mol. The molecule has 0 aromatic heterocycles. The minimum absolute atomic E-state index is 0.202. The van der Waals surface area contributed by atoms with Gasteiger partial charge in [0.15, 0.2) is 0 Å². The van der Waals surface area contributed by atoms with Crippen LogP contribution < -0.4 is 0 Å². The number of benzene rings is 2. The minimum Gasteiger partial charge on any atom is -0.394 e. The highest BCUT2D eigenvalue weighted by molar-refractivity contribution is 7.54. The topological polar surface area (TPSA) is 115 Å². The van der Waals surface area contributed by atoms with E-state index in [1.54, 1.807) is 0 Å². The van der Waals surface area contributed by atoms with Gasteiger partial charge in [-0.05, 0) is 42.0 Å². The fourth-order valence-corrected chi connectivity index (χ4v) is 5.89. The van der Waals surface area contributed by atoms with E-state index in [2.05, 4.69) is 0 Å². The van der Waals surface area contributed by atoms with Gasteiger partial charge in [0.1, 0.15) is 0 Å². The summed E-state index contributed by atoms with van der Waals surface area (Å²) in [5, 5.41) is 20.2. The fraction of sp³-hybridized carbons (Fsp3) is 0.538. The zero-order valence-electron chi connectivity index (χ0n) is 22.5. The Hall–Kier alpha value is -1.38. The van der Waals surface area contributed by atoms with Gasteiger partial charge in [0.05, 0.1) is 31.1 Å². The van der Waals surface area contributed by atoms with E-state index >= 15 is 0 Å². The molecule has 0 atom stereocenters. The molecule has 0 unspecified atom stereocenters. The number of rotatable bonds is 17. The standard InChI is InChI=1S/C26H41NO8P2/c1-26(20-28,21-29)27(18-24-10-6-22(7-11-24)14-16-36(30,32-2)33-3)19-25-12-8-23(9-13-25)15-17-37(31,34-4)35-5/h6-13,28-29H,14-21H2,1-5H3. The van der Waals surface area contributed by atoms with Crippen LogP contribution in [0.2, 0.25) is 0 Å². The second-order valence-corrected chi connectivity index (χ2v) is 14.0. The molecule has 2 N–H and O–H groups in total. The highest BCUT2D eigenvalue weighted by atomic mass is 31.2. The molecule has 0 bridgehead atoms. The first-order valence-corrected chi connectivity index (χ1v) is 15.6. The largest absolute Gasteiger partial charge is 0.394 e. The second-order valence-electron chi connectivity index (χ2n) is 9.20. The van der Waals surface area contributed by atoms with Crippen LogP contribution in [0, 0.1) is 0 Å². The van der Waals surface area contributed by atoms with E-state index in [4.69, 9.17) is 18.1 Å². The number of hydrogen-bond donors (Lipinski definition) is 2. The van der Waals surface area contributed by atoms with Crippen LogP contribution in [-0.2, 0) is 53.2 Å². The van der Waals surface area contributed by atoms with E-state index in [9.17, 15) is 19.3 Å². The summed E-state index contributed by atoms with van der Waals surface area (Å²) in [6, 6.07) is 15.9. The van der Waals surface area contributed by atoms with Gasteiger partial charge in [-0.15, -0.1) is 0 Å². The molecule has 0 aliphatic carbocycles. The van der Waals surface area contributed by atoms with E-state index in [0.29, 0.717) is 38.3 Å². The Morgan fingerprint density at radius 3 is 1.22 bits per heavy atom. The van der Waals surface area contributed by atoms with Crippen molar-refractivity contribution in [2.45, 2.75) is 38.4 Å². The first kappa shape index (κ1) is 31.8. The lowest BCUT2D eigenvalue weighted by atomic mass is 9.99. The second kappa shape index (κ2) is 14.7. The fourth-order valence-electron chi connectivity index (χ4n) is 3.80. The molecule has 9 nitrogen and oxygen atoms in total. The first-order chi connectivity index (χ1) is 17.6. The highest BCUT2D eigenvalue weighted by Crippen LogP contribution is 2.47. The Kier molecular flexibility index (Phi) is 12.6. The molecular formula is C26H41NO8P2. The van der Waals surface area contributed by atoms with Crippen molar-refractivity contribution in [1.29, 1.82) is 0 Å². The molecule has 0 aliphatic heterocycles. The maximum Gasteiger partial charge on any atom is 0.330 e. The predicted octanol–water partition coefficient (Wildman–Crippen LogP) is 4.49. The van der Waals surface area contributed by atoms with Crippen LogP contribution in [-0.4, -0.2) is 74.6 Å². The summed E-state index contributed by atoms with van der Waals surface area (Å²) >= 11 is 0. The van der Waals surface area contributed by atoms with Crippen LogP contribution in [0.3, 0.4) is 0 Å². The van der Waals surface area contributed by atoms with Gasteiger partial charge in [-0.1, -0.05) is 48.5 Å². The van der Waals surface area contributed by atoms with Crippen LogP contribution in [0.5, 0.6) is 0 Å². The van der Waals surface area contributed by atoms with Gasteiger partial charge < -0.3 is 28.3 Å². The maximum atomic E-state index is 12.3. The summed E-state index contributed by atoms with van der Waals surface area (Å²) in [5.41, 5.74) is 3.23. The zero-order chi connectivity index (χ0) is 27.5. The van der Waals surface area contributed by atoms with Crippen molar-refractivity contribution in [2.75, 3.05) is 54.0 Å². The van der Waals surface area contributed by atoms with Gasteiger partial charge in [-0.2, -0.15) is 0 Å². The Bertz CT molecular complexity index is 950. The molecule has 0 amide bonds. The lowest BCUT2D eigenvalue weighted by Gasteiger charge is -2.39. The van der Waals surface area contributed by atoms with Gasteiger partial charge >= 0.3 is 15.2 Å². The van der Waals surface area contributed by atoms with E-state index in [-0.39, 0.29) is 13.2 Å². The lowest BCUT2D eigenvalue weighted by molar-refractivity contribution is -0.0114. The molecule has 2 aromatic rings. The molecule has 0 fully saturated rings. The number of aryl methyl sites for hydroxylation is 2. The van der Waals surface area contributed by atoms with Crippen molar-refractivity contribution in [3.63, 3.8) is 0 Å². The van der Waals surface area contributed by atoms with Crippen LogP contribution in [0.25, 0.3) is 0 Å². The minimum atomic E-state index is -3.06. The quantitative estimate of drug-likeness (QED) is 0.272. The average molecular weight is 558 g/mol. The first-order valence-electron chi connectivity index (χ1n) is 12.1. The van der Waals surface area contributed by atoms with Crippen molar-refractivity contribution in [3.05, 3.63) is 70.8 Å². The molecule has 11 heteroatoms. The van der Waals surface area contributed by atoms with Gasteiger partial charge in [-0.3, -0.25) is 14.0 Å². The van der Waals surface area contributed by atoms with Gasteiger partial charge in [0.25, 0.3) is 0 Å². The summed E-state index contributed by atoms with van der Waals surface area (Å²) in [7, 11) is -0.582. The molecule has 37 heavy (non-hydrogen) atoms. The SMILES string of the molecule is COP(=O)(CCc1ccc(CN(Cc2ccc(CCP(=O)(OC)OC)cc2)C(C)(CO)CO)cc1)OC. The number of hydrogen-bond acceptors (Lipinski definition) is 9. The molecule has 0 spiro atoms. The monoisotopic (exact) mass is 557 g/mol. The van der Waals surface area contributed by atoms with E-state index < -0.39 is 20.7 Å². The third-order valence-electron chi connectivity index (χ3n) is 6.70. The summed E-state index contributed by atoms with van der Waals surface area (Å²) in [6.45, 7) is 2.45. The highest BCUT2D eigenvalue weighted by Gasteiger charge is 2.31. The third kappa shape index (κ3) is 9.39. The van der Waals surface area contributed by atoms with Crippen molar-refractivity contribution < 1.29 is 37.4 Å². The molecule has 0 radical (unpaired) electrons. The third-order valence-corrected chi connectivity index (χ3v) is 10.5. The molecule has 0 saturated heterocycles. The Labute approximate surface area is 220 Å². The van der Waals surface area contributed by atoms with E-state index in [0.717, 1.165) is 22.3 Å². The zero-order valence-corrected chi connectivity index (χ0v) is 24.3. The van der Waals surface area contributed by atoms with Crippen LogP contribution in [0.1, 0.15) is 29.2 Å². The lowest BCUT2D eigenvalue weighted by Crippen LogP contribution is -2.51. The molecule has 2 rings (SSSR count). The summed E-state index contributed by atoms with van der Waals surface area (Å²) in [5.74, 6) is 0. The Morgan fingerprint density at radius 2 is 0.946 bits per heavy atom. The molecular weight excluding hydrogens is 516 g/mol. The summed E-state index contributed by atoms with van der Waals surface area (Å²) in [4.78, 5) is 2.05. The normalized spacial score (nSPS) is 12.9. The average Bonchev–Trinajstić information content (AvgIpc) is 2.95. The summed E-state index contributed by atoms with van der Waals surface area (Å²) in [6.07, 6.45) is 1.71. The van der Waals surface area contributed by atoms with Gasteiger partial charge in [0.2, 0.25) is 0 Å². The summed E-state index contributed by atoms with van der Waals surface area (Å²) < 4.78 is 44.6. The number of nitrogens with zero attached hydrogens (tertiary/aromatic N) is 1. The van der Waals surface area contributed by atoms with E-state index in [1.807, 2.05) is 60.4 Å². The molecule has 2 aromatic carbocycles. The molecule has 0 heterocycles. The van der Waals surface area contributed by atoms with Crippen molar-refractivity contribution in [3.8, 4) is 0 Å². The van der Waals surface area contributed by atoms with E-state index in [1.165, 1.54) is 28.4 Å². The van der Waals surface area contributed by atoms with Crippen molar-refractivity contribution >= 4 is 15.2 Å². The number of aliphatic hydroxyl groups excluding tert-OH is 2. The maximum absolute atomic E-state index is 12.3. The van der Waals surface area contributed by atoms with Crippen LogP contribution >= 0.6 is 15.2 Å². The molecule has 208 valence electrons. The van der Waals surface area contributed by atoms with Crippen LogP contribution in [0.15, 0.2) is 48.5 Å². The van der Waals surface area contributed by atoms with Gasteiger partial charge in [-0.25, -0.2) is 0 Å². The Morgan fingerprint density at radius 1 is 0.649 bits per heavy atom. The smallest absolute Gasteiger partial charge is 0.330 e. The molecule has 0 aliphatic rings. The van der Waals surface area contributed by atoms with Crippen LogP contribution in [0.4, 0.5) is 0 Å². The van der Waals surface area contributed by atoms with Gasteiger partial charge in [0, 0.05) is 41.5 Å². The molecule has 0 saturated carbocycles. The number of aliphatic hydroxyl groups is 2.